The van der Waals surface area contributed by atoms with Gasteiger partial charge in [0, 0.05) is 11.1 Å². The lowest BCUT2D eigenvalue weighted by molar-refractivity contribution is -0.125. The van der Waals surface area contributed by atoms with Crippen LogP contribution in [0.3, 0.4) is 0 Å². The lowest BCUT2D eigenvalue weighted by Crippen LogP contribution is -2.46. The SMILES string of the molecule is CC(C)[C@H](N)C(=O)NCC(=O)Nc1ccnn1-c1cccc(Cl)c1.Cl. The number of nitrogens with zero attached hydrogens (tertiary/aromatic N) is 2. The molecule has 1 aromatic heterocycles. The minimum absolute atomic E-state index is 0. The number of benzene rings is 1. The van der Waals surface area contributed by atoms with E-state index in [2.05, 4.69) is 15.7 Å². The number of rotatable bonds is 6. The standard InChI is InChI=1S/C16H20ClN5O2.ClH/c1-10(2)15(18)16(24)19-9-14(23)21-13-6-7-20-22(13)12-5-3-4-11(17)8-12;/h3-8,10,15H,9,18H2,1-2H3,(H,19,24)(H,21,23);1H/t15-;/m0./s1. The summed E-state index contributed by atoms with van der Waals surface area (Å²) < 4.78 is 1.55. The van der Waals surface area contributed by atoms with Gasteiger partial charge >= 0.3 is 0 Å². The largest absolute Gasteiger partial charge is 0.346 e. The van der Waals surface area contributed by atoms with E-state index >= 15 is 0 Å². The lowest BCUT2D eigenvalue weighted by Gasteiger charge is -2.15. The Labute approximate surface area is 157 Å². The van der Waals surface area contributed by atoms with Crippen molar-refractivity contribution in [3.63, 3.8) is 0 Å². The first-order valence-electron chi connectivity index (χ1n) is 7.51. The zero-order valence-electron chi connectivity index (χ0n) is 13.9. The molecule has 7 nitrogen and oxygen atoms in total. The highest BCUT2D eigenvalue weighted by Gasteiger charge is 2.18. The molecule has 0 unspecified atom stereocenters. The smallest absolute Gasteiger partial charge is 0.244 e. The Morgan fingerprint density at radius 2 is 2.04 bits per heavy atom. The summed E-state index contributed by atoms with van der Waals surface area (Å²) in [6.45, 7) is 3.52. The van der Waals surface area contributed by atoms with Crippen molar-refractivity contribution in [2.45, 2.75) is 19.9 Å². The molecule has 25 heavy (non-hydrogen) atoms. The topological polar surface area (TPSA) is 102 Å². The predicted octanol–water partition coefficient (Wildman–Crippen LogP) is 1.99. The van der Waals surface area contributed by atoms with E-state index in [-0.39, 0.29) is 36.7 Å². The van der Waals surface area contributed by atoms with Crippen LogP contribution in [0.15, 0.2) is 36.5 Å². The number of carbonyl (C=O) groups excluding carboxylic acids is 2. The summed E-state index contributed by atoms with van der Waals surface area (Å²) in [5, 5.41) is 9.94. The number of aromatic nitrogens is 2. The predicted molar refractivity (Wildman–Crippen MR) is 100 cm³/mol. The molecule has 0 saturated heterocycles. The maximum absolute atomic E-state index is 12.0. The first-order chi connectivity index (χ1) is 11.4. The number of carbonyl (C=O) groups is 2. The van der Waals surface area contributed by atoms with Crippen molar-refractivity contribution in [1.29, 1.82) is 0 Å². The molecular formula is C16H21Cl2N5O2. The monoisotopic (exact) mass is 385 g/mol. The summed E-state index contributed by atoms with van der Waals surface area (Å²) >= 11 is 5.97. The molecule has 0 bridgehead atoms. The van der Waals surface area contributed by atoms with Crippen LogP contribution in [0.5, 0.6) is 0 Å². The Bertz CT molecular complexity index is 733. The number of amides is 2. The molecule has 0 aliphatic carbocycles. The first-order valence-corrected chi connectivity index (χ1v) is 7.89. The molecule has 2 amide bonds. The van der Waals surface area contributed by atoms with Crippen molar-refractivity contribution >= 4 is 41.6 Å². The molecular weight excluding hydrogens is 365 g/mol. The summed E-state index contributed by atoms with van der Waals surface area (Å²) in [5.41, 5.74) is 6.44. The first kappa shape index (κ1) is 21.0. The van der Waals surface area contributed by atoms with Crippen LogP contribution < -0.4 is 16.4 Å². The Morgan fingerprint density at radius 3 is 2.68 bits per heavy atom. The molecule has 0 saturated carbocycles. The highest BCUT2D eigenvalue weighted by atomic mass is 35.5. The van der Waals surface area contributed by atoms with Crippen molar-refractivity contribution in [3.05, 3.63) is 41.6 Å². The van der Waals surface area contributed by atoms with Crippen molar-refractivity contribution in [1.82, 2.24) is 15.1 Å². The number of hydrogen-bond donors (Lipinski definition) is 3. The fraction of sp³-hybridized carbons (Fsp3) is 0.312. The van der Waals surface area contributed by atoms with Crippen LogP contribution in [-0.2, 0) is 9.59 Å². The number of halogens is 2. The van der Waals surface area contributed by atoms with Crippen LogP contribution in [0.2, 0.25) is 5.02 Å². The molecule has 0 aliphatic heterocycles. The second-order valence-corrected chi connectivity index (χ2v) is 6.08. The van der Waals surface area contributed by atoms with E-state index < -0.39 is 6.04 Å². The fourth-order valence-corrected chi connectivity index (χ4v) is 2.17. The Kier molecular flexibility index (Phi) is 7.89. The minimum atomic E-state index is -0.644. The zero-order chi connectivity index (χ0) is 17.7. The van der Waals surface area contributed by atoms with Gasteiger partial charge in [-0.3, -0.25) is 9.59 Å². The van der Waals surface area contributed by atoms with E-state index in [1.807, 2.05) is 19.9 Å². The van der Waals surface area contributed by atoms with Gasteiger partial charge in [0.1, 0.15) is 5.82 Å². The van der Waals surface area contributed by atoms with Crippen LogP contribution in [0.4, 0.5) is 5.82 Å². The summed E-state index contributed by atoms with van der Waals surface area (Å²) in [7, 11) is 0. The average Bonchev–Trinajstić information content (AvgIpc) is 2.99. The normalized spacial score (nSPS) is 11.6. The second-order valence-electron chi connectivity index (χ2n) is 5.64. The highest BCUT2D eigenvalue weighted by molar-refractivity contribution is 6.30. The zero-order valence-corrected chi connectivity index (χ0v) is 15.5. The van der Waals surface area contributed by atoms with Gasteiger partial charge < -0.3 is 16.4 Å². The van der Waals surface area contributed by atoms with E-state index in [4.69, 9.17) is 17.3 Å². The van der Waals surface area contributed by atoms with E-state index in [0.717, 1.165) is 0 Å². The van der Waals surface area contributed by atoms with Gasteiger partial charge in [0.2, 0.25) is 11.8 Å². The Morgan fingerprint density at radius 1 is 1.32 bits per heavy atom. The van der Waals surface area contributed by atoms with Gasteiger partial charge in [-0.25, -0.2) is 4.68 Å². The van der Waals surface area contributed by atoms with Crippen molar-refractivity contribution in [2.24, 2.45) is 11.7 Å². The van der Waals surface area contributed by atoms with E-state index in [1.165, 1.54) is 0 Å². The molecule has 1 heterocycles. The second kappa shape index (κ2) is 9.41. The average molecular weight is 386 g/mol. The Hall–Kier alpha value is -2.09. The fourth-order valence-electron chi connectivity index (χ4n) is 1.99. The van der Waals surface area contributed by atoms with Crippen LogP contribution in [0.1, 0.15) is 13.8 Å². The van der Waals surface area contributed by atoms with Crippen LogP contribution >= 0.6 is 24.0 Å². The third kappa shape index (κ3) is 5.74. The summed E-state index contributed by atoms with van der Waals surface area (Å²) in [6, 6.07) is 8.10. The molecule has 2 rings (SSSR count). The highest BCUT2D eigenvalue weighted by Crippen LogP contribution is 2.18. The van der Waals surface area contributed by atoms with E-state index in [0.29, 0.717) is 16.5 Å². The van der Waals surface area contributed by atoms with E-state index in [1.54, 1.807) is 35.1 Å². The molecule has 4 N–H and O–H groups in total. The van der Waals surface area contributed by atoms with Gasteiger partial charge in [-0.2, -0.15) is 5.10 Å². The van der Waals surface area contributed by atoms with Crippen molar-refractivity contribution in [2.75, 3.05) is 11.9 Å². The number of anilines is 1. The quantitative estimate of drug-likeness (QED) is 0.707. The summed E-state index contributed by atoms with van der Waals surface area (Å²) in [5.74, 6) is -0.256. The third-order valence-corrected chi connectivity index (χ3v) is 3.64. The van der Waals surface area contributed by atoms with Crippen molar-refractivity contribution in [3.8, 4) is 5.69 Å². The number of nitrogens with one attached hydrogen (secondary N) is 2. The van der Waals surface area contributed by atoms with Gasteiger partial charge in [0.05, 0.1) is 24.5 Å². The molecule has 136 valence electrons. The lowest BCUT2D eigenvalue weighted by atomic mass is 10.1. The Balaban J connectivity index is 0.00000312. The van der Waals surface area contributed by atoms with Crippen LogP contribution in [0, 0.1) is 5.92 Å². The molecule has 1 aromatic carbocycles. The van der Waals surface area contributed by atoms with Gasteiger partial charge in [0.25, 0.3) is 0 Å². The molecule has 0 radical (unpaired) electrons. The van der Waals surface area contributed by atoms with Gasteiger partial charge in [-0.1, -0.05) is 31.5 Å². The van der Waals surface area contributed by atoms with Gasteiger partial charge in [0.15, 0.2) is 0 Å². The summed E-state index contributed by atoms with van der Waals surface area (Å²) in [4.78, 5) is 23.8. The number of hydrogen-bond acceptors (Lipinski definition) is 4. The molecule has 2 aromatic rings. The molecule has 0 aliphatic rings. The summed E-state index contributed by atoms with van der Waals surface area (Å²) in [6.07, 6.45) is 1.56. The van der Waals surface area contributed by atoms with Gasteiger partial charge in [-0.15, -0.1) is 12.4 Å². The minimum Gasteiger partial charge on any atom is -0.346 e. The molecule has 1 atom stereocenters. The van der Waals surface area contributed by atoms with E-state index in [9.17, 15) is 9.59 Å². The van der Waals surface area contributed by atoms with Crippen LogP contribution in [-0.4, -0.2) is 34.2 Å². The molecule has 9 heteroatoms. The van der Waals surface area contributed by atoms with Gasteiger partial charge in [-0.05, 0) is 24.1 Å². The maximum atomic E-state index is 12.0. The molecule has 0 fully saturated rings. The van der Waals surface area contributed by atoms with Crippen molar-refractivity contribution < 1.29 is 9.59 Å². The molecule has 0 spiro atoms. The maximum Gasteiger partial charge on any atom is 0.244 e. The number of nitrogens with two attached hydrogens (primary N) is 1. The third-order valence-electron chi connectivity index (χ3n) is 3.41. The van der Waals surface area contributed by atoms with Crippen LogP contribution in [0.25, 0.3) is 5.69 Å².